The SMILES string of the molecule is O=C(COC(=O)c1cccc(NC(=O)c2ccc([N+](=O)[O-])cc2[N+](=O)[O-])c1)c1ccc([N+](=O)[O-])cc1. The van der Waals surface area contributed by atoms with Gasteiger partial charge in [-0.25, -0.2) is 4.79 Å². The smallest absolute Gasteiger partial charge is 0.338 e. The number of hydrogen-bond donors (Lipinski definition) is 1. The van der Waals surface area contributed by atoms with Gasteiger partial charge in [-0.05, 0) is 36.4 Å². The molecule has 1 amide bonds. The first-order valence-corrected chi connectivity index (χ1v) is 9.86. The summed E-state index contributed by atoms with van der Waals surface area (Å²) in [5.74, 6) is -2.47. The predicted octanol–water partition coefficient (Wildman–Crippen LogP) is 3.70. The van der Waals surface area contributed by atoms with Gasteiger partial charge >= 0.3 is 5.97 Å². The van der Waals surface area contributed by atoms with Crippen molar-refractivity contribution < 1.29 is 33.9 Å². The molecule has 36 heavy (non-hydrogen) atoms. The number of nitro groups is 3. The Hall–Kier alpha value is -5.53. The van der Waals surface area contributed by atoms with E-state index in [1.165, 1.54) is 36.4 Å². The fourth-order valence-electron chi connectivity index (χ4n) is 2.97. The van der Waals surface area contributed by atoms with Gasteiger partial charge in [0, 0.05) is 29.4 Å². The molecule has 14 heteroatoms. The van der Waals surface area contributed by atoms with Gasteiger partial charge in [0.1, 0.15) is 5.56 Å². The number of nitrogens with zero attached hydrogens (tertiary/aromatic N) is 3. The Morgan fingerprint density at radius 2 is 1.39 bits per heavy atom. The van der Waals surface area contributed by atoms with E-state index in [2.05, 4.69) is 5.32 Å². The summed E-state index contributed by atoms with van der Waals surface area (Å²) in [5.41, 5.74) is -1.88. The number of nitro benzene ring substituents is 3. The molecule has 3 rings (SSSR count). The lowest BCUT2D eigenvalue weighted by Gasteiger charge is -2.08. The number of anilines is 1. The second-order valence-electron chi connectivity index (χ2n) is 7.05. The summed E-state index contributed by atoms with van der Waals surface area (Å²) in [4.78, 5) is 67.5. The van der Waals surface area contributed by atoms with Crippen molar-refractivity contribution in [2.75, 3.05) is 11.9 Å². The van der Waals surface area contributed by atoms with E-state index in [0.29, 0.717) is 6.07 Å². The molecule has 0 saturated carbocycles. The van der Waals surface area contributed by atoms with Crippen LogP contribution in [0.3, 0.4) is 0 Å². The standard InChI is InChI=1S/C22H14N4O10/c27-20(13-4-6-16(7-5-13)24(30)31)12-36-22(29)14-2-1-3-15(10-14)23-21(28)18-9-8-17(25(32)33)11-19(18)26(34)35/h1-11H,12H2,(H,23,28). The van der Waals surface area contributed by atoms with Crippen LogP contribution in [0.5, 0.6) is 0 Å². The van der Waals surface area contributed by atoms with E-state index in [4.69, 9.17) is 4.74 Å². The van der Waals surface area contributed by atoms with Gasteiger partial charge in [0.2, 0.25) is 0 Å². The Kier molecular flexibility index (Phi) is 7.39. The topological polar surface area (TPSA) is 202 Å². The van der Waals surface area contributed by atoms with E-state index < -0.39 is 56.0 Å². The van der Waals surface area contributed by atoms with Gasteiger partial charge in [0.15, 0.2) is 12.4 Å². The number of amides is 1. The molecule has 0 unspecified atom stereocenters. The van der Waals surface area contributed by atoms with Crippen molar-refractivity contribution in [1.82, 2.24) is 0 Å². The average molecular weight is 494 g/mol. The number of ketones is 1. The molecule has 3 aromatic carbocycles. The summed E-state index contributed by atoms with van der Waals surface area (Å²) in [6, 6.07) is 12.6. The van der Waals surface area contributed by atoms with E-state index in [1.54, 1.807) is 0 Å². The number of hydrogen-bond acceptors (Lipinski definition) is 10. The first-order chi connectivity index (χ1) is 17.1. The van der Waals surface area contributed by atoms with Crippen LogP contribution in [0.2, 0.25) is 0 Å². The van der Waals surface area contributed by atoms with Crippen LogP contribution < -0.4 is 5.32 Å². The molecule has 0 bridgehead atoms. The molecule has 0 fully saturated rings. The van der Waals surface area contributed by atoms with Crippen molar-refractivity contribution in [3.05, 3.63) is 114 Å². The van der Waals surface area contributed by atoms with Gasteiger partial charge in [-0.1, -0.05) is 6.07 Å². The third-order valence-electron chi connectivity index (χ3n) is 4.72. The Morgan fingerprint density at radius 3 is 2.00 bits per heavy atom. The number of esters is 1. The summed E-state index contributed by atoms with van der Waals surface area (Å²) in [7, 11) is 0. The van der Waals surface area contributed by atoms with Crippen LogP contribution >= 0.6 is 0 Å². The lowest BCUT2D eigenvalue weighted by atomic mass is 10.1. The maximum Gasteiger partial charge on any atom is 0.338 e. The van der Waals surface area contributed by atoms with Gasteiger partial charge in [-0.2, -0.15) is 0 Å². The summed E-state index contributed by atoms with van der Waals surface area (Å²) in [6.45, 7) is -0.651. The first-order valence-electron chi connectivity index (χ1n) is 9.86. The molecule has 14 nitrogen and oxygen atoms in total. The van der Waals surface area contributed by atoms with Gasteiger partial charge in [-0.3, -0.25) is 39.9 Å². The maximum absolute atomic E-state index is 12.6. The molecule has 0 atom stereocenters. The second kappa shape index (κ2) is 10.6. The minimum absolute atomic E-state index is 0.0532. The zero-order valence-electron chi connectivity index (χ0n) is 18.0. The number of carbonyl (C=O) groups is 3. The minimum Gasteiger partial charge on any atom is -0.454 e. The highest BCUT2D eigenvalue weighted by atomic mass is 16.6. The lowest BCUT2D eigenvalue weighted by Crippen LogP contribution is -2.16. The number of non-ortho nitro benzene ring substituents is 2. The molecule has 3 aromatic rings. The highest BCUT2D eigenvalue weighted by Crippen LogP contribution is 2.26. The number of carbonyl (C=O) groups excluding carboxylic acids is 3. The molecule has 182 valence electrons. The highest BCUT2D eigenvalue weighted by molar-refractivity contribution is 6.07. The van der Waals surface area contributed by atoms with Gasteiger partial charge in [-0.15, -0.1) is 0 Å². The Bertz CT molecular complexity index is 1400. The van der Waals surface area contributed by atoms with E-state index in [9.17, 15) is 44.7 Å². The third-order valence-corrected chi connectivity index (χ3v) is 4.72. The van der Waals surface area contributed by atoms with Crippen LogP contribution in [-0.4, -0.2) is 39.0 Å². The van der Waals surface area contributed by atoms with Crippen LogP contribution in [0, 0.1) is 30.3 Å². The zero-order valence-corrected chi connectivity index (χ0v) is 18.0. The molecule has 0 aliphatic heterocycles. The van der Waals surface area contributed by atoms with Crippen LogP contribution in [0.4, 0.5) is 22.7 Å². The molecule has 1 N–H and O–H groups in total. The maximum atomic E-state index is 12.6. The summed E-state index contributed by atoms with van der Waals surface area (Å²) >= 11 is 0. The second-order valence-corrected chi connectivity index (χ2v) is 7.05. The van der Waals surface area contributed by atoms with Gasteiger partial charge in [0.05, 0.1) is 26.4 Å². The molecular weight excluding hydrogens is 480 g/mol. The van der Waals surface area contributed by atoms with E-state index in [-0.39, 0.29) is 22.5 Å². The summed E-state index contributed by atoms with van der Waals surface area (Å²) < 4.78 is 4.96. The first kappa shape index (κ1) is 25.1. The van der Waals surface area contributed by atoms with Crippen LogP contribution in [0.1, 0.15) is 31.1 Å². The van der Waals surface area contributed by atoms with Crippen molar-refractivity contribution in [1.29, 1.82) is 0 Å². The fraction of sp³-hybridized carbons (Fsp3) is 0.0455. The molecule has 0 heterocycles. The Balaban J connectivity index is 1.68. The number of ether oxygens (including phenoxy) is 1. The number of nitrogens with one attached hydrogen (secondary N) is 1. The van der Waals surface area contributed by atoms with Crippen molar-refractivity contribution in [2.24, 2.45) is 0 Å². The predicted molar refractivity (Wildman–Crippen MR) is 122 cm³/mol. The van der Waals surface area contributed by atoms with Crippen molar-refractivity contribution in [3.8, 4) is 0 Å². The van der Waals surface area contributed by atoms with E-state index >= 15 is 0 Å². The third kappa shape index (κ3) is 5.88. The van der Waals surface area contributed by atoms with Crippen LogP contribution in [0.15, 0.2) is 66.7 Å². The molecule has 0 radical (unpaired) electrons. The quantitative estimate of drug-likeness (QED) is 0.198. The van der Waals surface area contributed by atoms with Gasteiger partial charge < -0.3 is 10.1 Å². The van der Waals surface area contributed by atoms with E-state index in [1.807, 2.05) is 0 Å². The molecule has 0 aliphatic carbocycles. The monoisotopic (exact) mass is 494 g/mol. The summed E-state index contributed by atoms with van der Waals surface area (Å²) in [6.07, 6.45) is 0. The van der Waals surface area contributed by atoms with E-state index in [0.717, 1.165) is 24.3 Å². The highest BCUT2D eigenvalue weighted by Gasteiger charge is 2.24. The number of Topliss-reactive ketones (excluding diaryl/α,β-unsaturated/α-hetero) is 1. The largest absolute Gasteiger partial charge is 0.454 e. The minimum atomic E-state index is -0.949. The van der Waals surface area contributed by atoms with Crippen LogP contribution in [0.25, 0.3) is 0 Å². The molecule has 0 aliphatic rings. The van der Waals surface area contributed by atoms with Crippen LogP contribution in [-0.2, 0) is 4.74 Å². The summed E-state index contributed by atoms with van der Waals surface area (Å²) in [5, 5.41) is 35.2. The number of rotatable bonds is 9. The van der Waals surface area contributed by atoms with Crippen molar-refractivity contribution >= 4 is 40.4 Å². The van der Waals surface area contributed by atoms with Crippen molar-refractivity contribution in [3.63, 3.8) is 0 Å². The molecule has 0 saturated heterocycles. The normalized spacial score (nSPS) is 10.2. The molecule has 0 spiro atoms. The zero-order chi connectivity index (χ0) is 26.4. The average Bonchev–Trinajstić information content (AvgIpc) is 2.86. The molecular formula is C22H14N4O10. The lowest BCUT2D eigenvalue weighted by molar-refractivity contribution is -0.394. The Labute approximate surface area is 200 Å². The molecule has 0 aromatic heterocycles. The van der Waals surface area contributed by atoms with Gasteiger partial charge in [0.25, 0.3) is 23.0 Å². The fourth-order valence-corrected chi connectivity index (χ4v) is 2.97. The Morgan fingerprint density at radius 1 is 0.750 bits per heavy atom. The number of benzene rings is 3. The van der Waals surface area contributed by atoms with Crippen molar-refractivity contribution in [2.45, 2.75) is 0 Å².